The number of ether oxygens (including phenoxy) is 2. The van der Waals surface area contributed by atoms with Crippen LogP contribution in [0.1, 0.15) is 12.5 Å². The second-order valence-corrected chi connectivity index (χ2v) is 8.38. The zero-order valence-electron chi connectivity index (χ0n) is 17.1. The molecule has 8 nitrogen and oxygen atoms in total. The summed E-state index contributed by atoms with van der Waals surface area (Å²) < 4.78 is 33.2. The number of carbonyl (C=O) groups is 1. The van der Waals surface area contributed by atoms with Gasteiger partial charge in [0, 0.05) is 12.1 Å². The first-order valence-corrected chi connectivity index (χ1v) is 10.7. The molecule has 0 aliphatic carbocycles. The number of hydrogen-bond donors (Lipinski definition) is 3. The maximum atomic E-state index is 12.5. The lowest BCUT2D eigenvalue weighted by Crippen LogP contribution is -3.14. The highest BCUT2D eigenvalue weighted by Crippen LogP contribution is 2.27. The topological polar surface area (TPSA) is 112 Å². The molecule has 2 rings (SSSR count). The summed E-state index contributed by atoms with van der Waals surface area (Å²) in [5, 5.41) is 7.88. The van der Waals surface area contributed by atoms with Gasteiger partial charge in [-0.15, -0.1) is 0 Å². The molecule has 2 atom stereocenters. The summed E-state index contributed by atoms with van der Waals surface area (Å²) in [6.45, 7) is 2.59. The molecule has 2 aromatic carbocycles. The molecule has 0 aromatic heterocycles. The highest BCUT2D eigenvalue weighted by molar-refractivity contribution is 7.89. The molecule has 0 spiro atoms. The van der Waals surface area contributed by atoms with Crippen LogP contribution < -0.4 is 24.8 Å². The van der Waals surface area contributed by atoms with E-state index in [1.807, 2.05) is 32.2 Å². The van der Waals surface area contributed by atoms with Gasteiger partial charge in [-0.1, -0.05) is 6.07 Å². The Morgan fingerprint density at radius 2 is 1.72 bits per heavy atom. The number of primary sulfonamides is 1. The van der Waals surface area contributed by atoms with Crippen molar-refractivity contribution in [2.75, 3.05) is 33.1 Å². The fraction of sp³-hybridized carbons (Fsp3) is 0.350. The van der Waals surface area contributed by atoms with Crippen LogP contribution in [-0.2, 0) is 21.2 Å². The predicted molar refractivity (Wildman–Crippen MR) is 111 cm³/mol. The molecule has 0 fully saturated rings. The first-order valence-electron chi connectivity index (χ1n) is 9.12. The Labute approximate surface area is 171 Å². The lowest BCUT2D eigenvalue weighted by atomic mass is 10.1. The normalized spacial score (nSPS) is 13.4. The van der Waals surface area contributed by atoms with E-state index in [4.69, 9.17) is 14.6 Å². The van der Waals surface area contributed by atoms with E-state index in [1.165, 1.54) is 24.3 Å². The van der Waals surface area contributed by atoms with Crippen molar-refractivity contribution < 1.29 is 27.6 Å². The zero-order valence-corrected chi connectivity index (χ0v) is 17.9. The van der Waals surface area contributed by atoms with Crippen LogP contribution in [0.15, 0.2) is 47.4 Å². The zero-order chi connectivity index (χ0) is 21.6. The van der Waals surface area contributed by atoms with Gasteiger partial charge in [0.2, 0.25) is 10.0 Å². The molecule has 1 amide bonds. The first kappa shape index (κ1) is 22.7. The average molecular weight is 423 g/mol. The number of likely N-dealkylation sites (N-methyl/N-ethyl adjacent to an activating group) is 1. The van der Waals surface area contributed by atoms with Gasteiger partial charge < -0.3 is 19.7 Å². The number of methoxy groups -OCH3 is 2. The number of nitrogens with one attached hydrogen (secondary N) is 2. The molecule has 9 heteroatoms. The van der Waals surface area contributed by atoms with Gasteiger partial charge in [0.1, 0.15) is 0 Å². The van der Waals surface area contributed by atoms with Gasteiger partial charge in [0.25, 0.3) is 5.91 Å². The van der Waals surface area contributed by atoms with E-state index in [1.54, 1.807) is 14.2 Å². The van der Waals surface area contributed by atoms with Crippen molar-refractivity contribution in [3.63, 3.8) is 0 Å². The van der Waals surface area contributed by atoms with E-state index in [9.17, 15) is 13.2 Å². The molecule has 0 bridgehead atoms. The molecular weight excluding hydrogens is 394 g/mol. The Morgan fingerprint density at radius 1 is 1.10 bits per heavy atom. The quantitative estimate of drug-likeness (QED) is 0.543. The standard InChI is InChI=1S/C20H27N3O5S/c1-14(20(24)22-16-6-8-17(9-7-16)29(21,25)26)23(2)12-11-15-5-10-18(27-3)19(13-15)28-4/h5-10,13-14H,11-12H2,1-4H3,(H,22,24)(H2,21,25,26)/p+1/t14-/m0/s1. The molecule has 0 saturated carbocycles. The minimum atomic E-state index is -3.75. The third kappa shape index (κ3) is 6.18. The summed E-state index contributed by atoms with van der Waals surface area (Å²) in [5.74, 6) is 1.20. The SMILES string of the molecule is COc1ccc(CC[NH+](C)[C@@H](C)C(=O)Nc2ccc(S(N)(=O)=O)cc2)cc1OC. The van der Waals surface area contributed by atoms with E-state index < -0.39 is 10.0 Å². The molecule has 0 heterocycles. The number of anilines is 1. The number of benzene rings is 2. The predicted octanol–water partition coefficient (Wildman–Crippen LogP) is 0.436. The number of quaternary nitrogens is 1. The van der Waals surface area contributed by atoms with Gasteiger partial charge in [0.05, 0.1) is 32.7 Å². The summed E-state index contributed by atoms with van der Waals surface area (Å²) in [6.07, 6.45) is 0.771. The fourth-order valence-electron chi connectivity index (χ4n) is 2.80. The molecule has 158 valence electrons. The van der Waals surface area contributed by atoms with Crippen molar-refractivity contribution >= 4 is 21.6 Å². The number of sulfonamides is 1. The van der Waals surface area contributed by atoms with Gasteiger partial charge in [-0.25, -0.2) is 13.6 Å². The summed E-state index contributed by atoms with van der Waals surface area (Å²) in [7, 11) is 1.39. The molecule has 0 radical (unpaired) electrons. The summed E-state index contributed by atoms with van der Waals surface area (Å²) in [4.78, 5) is 13.6. The fourth-order valence-corrected chi connectivity index (χ4v) is 3.31. The minimum absolute atomic E-state index is 0.00112. The van der Waals surface area contributed by atoms with E-state index in [0.29, 0.717) is 17.2 Å². The second kappa shape index (κ2) is 9.73. The van der Waals surface area contributed by atoms with Crippen molar-refractivity contribution in [1.82, 2.24) is 0 Å². The van der Waals surface area contributed by atoms with Gasteiger partial charge in [0.15, 0.2) is 17.5 Å². The summed E-state index contributed by atoms with van der Waals surface area (Å²) in [5.41, 5.74) is 1.61. The van der Waals surface area contributed by atoms with Crippen LogP contribution in [0, 0.1) is 0 Å². The number of rotatable bonds is 9. The third-order valence-corrected chi connectivity index (χ3v) is 5.77. The smallest absolute Gasteiger partial charge is 0.282 e. The van der Waals surface area contributed by atoms with Crippen LogP contribution in [0.5, 0.6) is 11.5 Å². The van der Waals surface area contributed by atoms with E-state index >= 15 is 0 Å². The van der Waals surface area contributed by atoms with Crippen LogP contribution in [0.4, 0.5) is 5.69 Å². The molecule has 0 aliphatic heterocycles. The van der Waals surface area contributed by atoms with Crippen LogP contribution in [0.3, 0.4) is 0 Å². The molecule has 0 saturated heterocycles. The molecule has 4 N–H and O–H groups in total. The third-order valence-electron chi connectivity index (χ3n) is 4.84. The number of nitrogens with two attached hydrogens (primary N) is 1. The van der Waals surface area contributed by atoms with Crippen LogP contribution in [0.2, 0.25) is 0 Å². The Hall–Kier alpha value is -2.62. The Kier molecular flexibility index (Phi) is 7.60. The molecule has 2 aromatic rings. The van der Waals surface area contributed by atoms with E-state index in [2.05, 4.69) is 5.32 Å². The average Bonchev–Trinajstić information content (AvgIpc) is 2.70. The highest BCUT2D eigenvalue weighted by Gasteiger charge is 2.22. The van der Waals surface area contributed by atoms with Gasteiger partial charge in [-0.05, 0) is 48.9 Å². The van der Waals surface area contributed by atoms with Crippen LogP contribution in [0.25, 0.3) is 0 Å². The molecule has 29 heavy (non-hydrogen) atoms. The lowest BCUT2D eigenvalue weighted by molar-refractivity contribution is -0.893. The summed E-state index contributed by atoms with van der Waals surface area (Å²) >= 11 is 0. The number of amides is 1. The molecule has 0 aliphatic rings. The van der Waals surface area contributed by atoms with E-state index in [-0.39, 0.29) is 16.8 Å². The van der Waals surface area contributed by atoms with Crippen molar-refractivity contribution in [2.45, 2.75) is 24.3 Å². The van der Waals surface area contributed by atoms with E-state index in [0.717, 1.165) is 23.4 Å². The largest absolute Gasteiger partial charge is 0.493 e. The van der Waals surface area contributed by atoms with Gasteiger partial charge in [-0.2, -0.15) is 0 Å². The molecule has 1 unspecified atom stereocenters. The number of hydrogen-bond acceptors (Lipinski definition) is 5. The van der Waals surface area contributed by atoms with Crippen molar-refractivity contribution in [2.24, 2.45) is 5.14 Å². The summed E-state index contributed by atoms with van der Waals surface area (Å²) in [6, 6.07) is 11.2. The Morgan fingerprint density at radius 3 is 2.28 bits per heavy atom. The first-order chi connectivity index (χ1) is 13.7. The highest BCUT2D eigenvalue weighted by atomic mass is 32.2. The Balaban J connectivity index is 1.93. The van der Waals surface area contributed by atoms with Crippen molar-refractivity contribution in [3.05, 3.63) is 48.0 Å². The van der Waals surface area contributed by atoms with Crippen molar-refractivity contribution in [1.29, 1.82) is 0 Å². The van der Waals surface area contributed by atoms with Crippen LogP contribution in [-0.4, -0.2) is 48.2 Å². The van der Waals surface area contributed by atoms with Gasteiger partial charge >= 0.3 is 0 Å². The van der Waals surface area contributed by atoms with Gasteiger partial charge in [-0.3, -0.25) is 4.79 Å². The maximum Gasteiger partial charge on any atom is 0.282 e. The monoisotopic (exact) mass is 422 g/mol. The maximum absolute atomic E-state index is 12.5. The molecular formula is C20H28N3O5S+. The lowest BCUT2D eigenvalue weighted by Gasteiger charge is -2.21. The van der Waals surface area contributed by atoms with Crippen molar-refractivity contribution in [3.8, 4) is 11.5 Å². The number of carbonyl (C=O) groups excluding carboxylic acids is 1. The van der Waals surface area contributed by atoms with Crippen LogP contribution >= 0.6 is 0 Å². The Bertz CT molecular complexity index is 945. The second-order valence-electron chi connectivity index (χ2n) is 6.82. The minimum Gasteiger partial charge on any atom is -0.493 e.